The minimum Gasteiger partial charge on any atom is -0.454 e. The first-order valence-corrected chi connectivity index (χ1v) is 11.7. The summed E-state index contributed by atoms with van der Waals surface area (Å²) >= 11 is 1.25. The third-order valence-electron chi connectivity index (χ3n) is 5.68. The highest BCUT2D eigenvalue weighted by atomic mass is 32.1. The zero-order chi connectivity index (χ0) is 23.4. The van der Waals surface area contributed by atoms with Crippen molar-refractivity contribution in [1.82, 2.24) is 15.5 Å². The number of hydrogen-bond donors (Lipinski definition) is 2. The van der Waals surface area contributed by atoms with Crippen LogP contribution in [0.5, 0.6) is 11.5 Å². The standard InChI is InChI=1S/C24H26N4O4S/c1-4-14(3)20(25-21(29)16-8-6-15(5-2)7-9-16)22(30)26-24-28-27-23(33-24)17-10-11-18-19(12-17)32-13-31-18/h6-12,14,20H,4-5,13H2,1-3H3,(H,25,29)(H,26,28,30)/t14-,20+/m1/s1. The third kappa shape index (κ3) is 5.14. The van der Waals surface area contributed by atoms with Gasteiger partial charge in [0.15, 0.2) is 11.5 Å². The zero-order valence-corrected chi connectivity index (χ0v) is 19.6. The first kappa shape index (κ1) is 22.7. The van der Waals surface area contributed by atoms with Crippen molar-refractivity contribution in [3.05, 3.63) is 53.6 Å². The number of ether oxygens (including phenoxy) is 2. The summed E-state index contributed by atoms with van der Waals surface area (Å²) in [6.45, 7) is 6.17. The molecular formula is C24H26N4O4S. The van der Waals surface area contributed by atoms with Crippen LogP contribution in [0.3, 0.4) is 0 Å². The van der Waals surface area contributed by atoms with E-state index in [1.165, 1.54) is 11.3 Å². The fourth-order valence-electron chi connectivity index (χ4n) is 3.42. The molecule has 1 aliphatic heterocycles. The Morgan fingerprint density at radius 2 is 1.82 bits per heavy atom. The van der Waals surface area contributed by atoms with Gasteiger partial charge in [0, 0.05) is 11.1 Å². The molecule has 0 saturated heterocycles. The molecule has 0 aliphatic carbocycles. The van der Waals surface area contributed by atoms with Gasteiger partial charge in [-0.2, -0.15) is 0 Å². The molecule has 0 unspecified atom stereocenters. The van der Waals surface area contributed by atoms with Crippen LogP contribution in [0.2, 0.25) is 0 Å². The smallest absolute Gasteiger partial charge is 0.251 e. The predicted octanol–water partition coefficient (Wildman–Crippen LogP) is 4.28. The van der Waals surface area contributed by atoms with Crippen molar-refractivity contribution < 1.29 is 19.1 Å². The molecule has 2 N–H and O–H groups in total. The first-order chi connectivity index (χ1) is 16.0. The molecule has 0 bridgehead atoms. The lowest BCUT2D eigenvalue weighted by atomic mass is 9.98. The Hall–Kier alpha value is -3.46. The molecule has 0 spiro atoms. The van der Waals surface area contributed by atoms with E-state index >= 15 is 0 Å². The van der Waals surface area contributed by atoms with E-state index in [4.69, 9.17) is 9.47 Å². The highest BCUT2D eigenvalue weighted by Gasteiger charge is 2.27. The summed E-state index contributed by atoms with van der Waals surface area (Å²) in [5, 5.41) is 15.0. The summed E-state index contributed by atoms with van der Waals surface area (Å²) in [6, 6.07) is 12.2. The fraction of sp³-hybridized carbons (Fsp3) is 0.333. The van der Waals surface area contributed by atoms with E-state index in [1.807, 2.05) is 44.2 Å². The molecule has 2 amide bonds. The van der Waals surface area contributed by atoms with Crippen LogP contribution in [-0.2, 0) is 11.2 Å². The van der Waals surface area contributed by atoms with Gasteiger partial charge in [-0.3, -0.25) is 14.9 Å². The average molecular weight is 467 g/mol. The number of benzene rings is 2. The maximum absolute atomic E-state index is 13.1. The van der Waals surface area contributed by atoms with E-state index in [0.29, 0.717) is 27.2 Å². The number of rotatable bonds is 8. The Morgan fingerprint density at radius 1 is 1.06 bits per heavy atom. The second kappa shape index (κ2) is 9.99. The van der Waals surface area contributed by atoms with Crippen molar-refractivity contribution in [3.63, 3.8) is 0 Å². The van der Waals surface area contributed by atoms with Gasteiger partial charge in [-0.05, 0) is 48.2 Å². The lowest BCUT2D eigenvalue weighted by Gasteiger charge is -2.23. The molecule has 1 aliphatic rings. The third-order valence-corrected chi connectivity index (χ3v) is 6.57. The zero-order valence-electron chi connectivity index (χ0n) is 18.8. The Morgan fingerprint density at radius 3 is 2.55 bits per heavy atom. The molecule has 2 aromatic carbocycles. The molecule has 3 aromatic rings. The monoisotopic (exact) mass is 466 g/mol. The van der Waals surface area contributed by atoms with Crippen LogP contribution >= 0.6 is 11.3 Å². The van der Waals surface area contributed by atoms with Gasteiger partial charge in [0.2, 0.25) is 17.8 Å². The number of carbonyl (C=O) groups excluding carboxylic acids is 2. The number of amides is 2. The molecule has 2 atom stereocenters. The molecule has 2 heterocycles. The summed E-state index contributed by atoms with van der Waals surface area (Å²) in [4.78, 5) is 25.8. The number of nitrogens with zero attached hydrogens (tertiary/aromatic N) is 2. The number of aromatic nitrogens is 2. The molecular weight excluding hydrogens is 440 g/mol. The van der Waals surface area contributed by atoms with Crippen molar-refractivity contribution in [1.29, 1.82) is 0 Å². The Labute approximate surface area is 196 Å². The largest absolute Gasteiger partial charge is 0.454 e. The maximum Gasteiger partial charge on any atom is 0.251 e. The fourth-order valence-corrected chi connectivity index (χ4v) is 4.16. The van der Waals surface area contributed by atoms with E-state index < -0.39 is 6.04 Å². The average Bonchev–Trinajstić information content (AvgIpc) is 3.50. The van der Waals surface area contributed by atoms with Crippen LogP contribution < -0.4 is 20.1 Å². The van der Waals surface area contributed by atoms with Crippen molar-refractivity contribution >= 4 is 28.3 Å². The van der Waals surface area contributed by atoms with Crippen molar-refractivity contribution in [3.8, 4) is 22.1 Å². The Kier molecular flexibility index (Phi) is 6.88. The minimum absolute atomic E-state index is 0.0647. The van der Waals surface area contributed by atoms with Crippen molar-refractivity contribution in [2.24, 2.45) is 5.92 Å². The van der Waals surface area contributed by atoms with Crippen LogP contribution in [-0.4, -0.2) is 34.8 Å². The first-order valence-electron chi connectivity index (χ1n) is 10.9. The number of carbonyl (C=O) groups is 2. The lowest BCUT2D eigenvalue weighted by Crippen LogP contribution is -2.47. The second-order valence-corrected chi connectivity index (χ2v) is 8.83. The van der Waals surface area contributed by atoms with Gasteiger partial charge in [0.05, 0.1) is 0 Å². The van der Waals surface area contributed by atoms with Gasteiger partial charge < -0.3 is 14.8 Å². The molecule has 0 radical (unpaired) electrons. The van der Waals surface area contributed by atoms with Gasteiger partial charge in [-0.25, -0.2) is 0 Å². The summed E-state index contributed by atoms with van der Waals surface area (Å²) < 4.78 is 10.7. The molecule has 33 heavy (non-hydrogen) atoms. The Balaban J connectivity index is 1.45. The molecule has 1 aromatic heterocycles. The van der Waals surface area contributed by atoms with E-state index in [-0.39, 0.29) is 24.5 Å². The number of anilines is 1. The van der Waals surface area contributed by atoms with E-state index in [9.17, 15) is 9.59 Å². The minimum atomic E-state index is -0.703. The number of hydrogen-bond acceptors (Lipinski definition) is 7. The number of aryl methyl sites for hydroxylation is 1. The van der Waals surface area contributed by atoms with E-state index in [2.05, 4.69) is 27.8 Å². The number of nitrogens with one attached hydrogen (secondary N) is 2. The van der Waals surface area contributed by atoms with Gasteiger partial charge in [0.1, 0.15) is 11.0 Å². The summed E-state index contributed by atoms with van der Waals surface area (Å²) in [6.07, 6.45) is 1.63. The summed E-state index contributed by atoms with van der Waals surface area (Å²) in [5.41, 5.74) is 2.49. The SMILES string of the molecule is CCc1ccc(C(=O)N[C@H](C(=O)Nc2nnc(-c3ccc4c(c3)OCO4)s2)[C@H](C)CC)cc1. The molecule has 9 heteroatoms. The quantitative estimate of drug-likeness (QED) is 0.514. The maximum atomic E-state index is 13.1. The second-order valence-electron chi connectivity index (χ2n) is 7.86. The normalized spacial score (nSPS) is 13.9. The summed E-state index contributed by atoms with van der Waals surface area (Å²) in [5.74, 6) is 0.672. The van der Waals surface area contributed by atoms with E-state index in [1.54, 1.807) is 12.1 Å². The van der Waals surface area contributed by atoms with Crippen LogP contribution in [0.4, 0.5) is 5.13 Å². The predicted molar refractivity (Wildman–Crippen MR) is 127 cm³/mol. The molecule has 0 fully saturated rings. The van der Waals surface area contributed by atoms with Gasteiger partial charge in [0.25, 0.3) is 5.91 Å². The van der Waals surface area contributed by atoms with Gasteiger partial charge in [-0.1, -0.05) is 50.7 Å². The van der Waals surface area contributed by atoms with Crippen molar-refractivity contribution in [2.45, 2.75) is 39.7 Å². The lowest BCUT2D eigenvalue weighted by molar-refractivity contribution is -0.119. The van der Waals surface area contributed by atoms with Crippen LogP contribution in [0, 0.1) is 5.92 Å². The topological polar surface area (TPSA) is 102 Å². The Bertz CT molecular complexity index is 1150. The molecule has 0 saturated carbocycles. The molecule has 8 nitrogen and oxygen atoms in total. The highest BCUT2D eigenvalue weighted by molar-refractivity contribution is 7.18. The van der Waals surface area contributed by atoms with Crippen molar-refractivity contribution in [2.75, 3.05) is 12.1 Å². The number of fused-ring (bicyclic) bond motifs is 1. The van der Waals surface area contributed by atoms with E-state index in [0.717, 1.165) is 24.0 Å². The van der Waals surface area contributed by atoms with Gasteiger partial charge >= 0.3 is 0 Å². The van der Waals surface area contributed by atoms with Crippen LogP contribution in [0.25, 0.3) is 10.6 Å². The molecule has 4 rings (SSSR count). The summed E-state index contributed by atoms with van der Waals surface area (Å²) in [7, 11) is 0. The van der Waals surface area contributed by atoms with Crippen LogP contribution in [0.15, 0.2) is 42.5 Å². The van der Waals surface area contributed by atoms with Gasteiger partial charge in [-0.15, -0.1) is 10.2 Å². The molecule has 172 valence electrons. The van der Waals surface area contributed by atoms with Crippen LogP contribution in [0.1, 0.15) is 43.1 Å². The highest BCUT2D eigenvalue weighted by Crippen LogP contribution is 2.37.